The minimum atomic E-state index is -0.842. The van der Waals surface area contributed by atoms with E-state index < -0.39 is 5.97 Å². The molecule has 2 amide bonds. The summed E-state index contributed by atoms with van der Waals surface area (Å²) in [5.41, 5.74) is 0. The smallest absolute Gasteiger partial charge is 0.318 e. The molecular weight excluding hydrogens is 272 g/mol. The van der Waals surface area contributed by atoms with Crippen molar-refractivity contribution < 1.29 is 19.1 Å². The summed E-state index contributed by atoms with van der Waals surface area (Å²) in [5.74, 6) is 0.926. The van der Waals surface area contributed by atoms with Crippen molar-refractivity contribution in [1.82, 2.24) is 10.2 Å². The molecule has 116 valence electrons. The fourth-order valence-electron chi connectivity index (χ4n) is 2.61. The van der Waals surface area contributed by atoms with E-state index in [1.54, 1.807) is 4.90 Å². The number of carboxylic acids is 1. The number of carbonyl (C=O) groups excluding carboxylic acids is 1. The summed E-state index contributed by atoms with van der Waals surface area (Å²) in [5, 5.41) is 11.4. The SMILES string of the molecule is CCc1ccc(C2CCCN2C(=O)NCCCC(=O)O)o1. The molecule has 0 saturated carbocycles. The van der Waals surface area contributed by atoms with Crippen LogP contribution in [0.3, 0.4) is 0 Å². The minimum absolute atomic E-state index is 0.00947. The predicted octanol–water partition coefficient (Wildman–Crippen LogP) is 2.55. The van der Waals surface area contributed by atoms with E-state index in [1.807, 2.05) is 19.1 Å². The Bertz CT molecular complexity index is 498. The van der Waals surface area contributed by atoms with E-state index in [2.05, 4.69) is 5.32 Å². The maximum atomic E-state index is 12.2. The number of carbonyl (C=O) groups is 2. The number of aryl methyl sites for hydroxylation is 1. The maximum Gasteiger partial charge on any atom is 0.318 e. The summed E-state index contributed by atoms with van der Waals surface area (Å²) in [6.07, 6.45) is 3.21. The number of urea groups is 1. The van der Waals surface area contributed by atoms with Gasteiger partial charge in [0, 0.05) is 25.9 Å². The third kappa shape index (κ3) is 4.00. The fourth-order valence-corrected chi connectivity index (χ4v) is 2.61. The predicted molar refractivity (Wildman–Crippen MR) is 77.0 cm³/mol. The number of nitrogens with one attached hydrogen (secondary N) is 1. The summed E-state index contributed by atoms with van der Waals surface area (Å²) in [6, 6.07) is 3.75. The number of carboxylic acid groups (broad SMARTS) is 1. The summed E-state index contributed by atoms with van der Waals surface area (Å²) >= 11 is 0. The lowest BCUT2D eigenvalue weighted by molar-refractivity contribution is -0.137. The van der Waals surface area contributed by atoms with Gasteiger partial charge in [-0.05, 0) is 31.4 Å². The van der Waals surface area contributed by atoms with Crippen LogP contribution < -0.4 is 5.32 Å². The highest BCUT2D eigenvalue weighted by atomic mass is 16.4. The van der Waals surface area contributed by atoms with E-state index in [-0.39, 0.29) is 18.5 Å². The molecule has 0 radical (unpaired) electrons. The lowest BCUT2D eigenvalue weighted by Crippen LogP contribution is -2.39. The average Bonchev–Trinajstić information content (AvgIpc) is 3.10. The second-order valence-electron chi connectivity index (χ2n) is 5.24. The Morgan fingerprint density at radius 2 is 2.29 bits per heavy atom. The van der Waals surface area contributed by atoms with Gasteiger partial charge in [0.05, 0.1) is 6.04 Å². The highest BCUT2D eigenvalue weighted by molar-refractivity contribution is 5.75. The van der Waals surface area contributed by atoms with Crippen molar-refractivity contribution in [2.75, 3.05) is 13.1 Å². The number of likely N-dealkylation sites (tertiary alicyclic amines) is 1. The van der Waals surface area contributed by atoms with E-state index in [9.17, 15) is 9.59 Å². The molecule has 1 atom stereocenters. The molecule has 1 aromatic rings. The molecule has 1 fully saturated rings. The molecule has 1 saturated heterocycles. The van der Waals surface area contributed by atoms with Gasteiger partial charge in [-0.1, -0.05) is 6.92 Å². The van der Waals surface area contributed by atoms with E-state index in [1.165, 1.54) is 0 Å². The van der Waals surface area contributed by atoms with Crippen molar-refractivity contribution in [2.45, 2.75) is 45.1 Å². The van der Waals surface area contributed by atoms with Crippen LogP contribution in [-0.4, -0.2) is 35.1 Å². The molecule has 0 aromatic carbocycles. The lowest BCUT2D eigenvalue weighted by Gasteiger charge is -2.23. The van der Waals surface area contributed by atoms with Gasteiger partial charge in [0.1, 0.15) is 11.5 Å². The maximum absolute atomic E-state index is 12.2. The molecule has 1 unspecified atom stereocenters. The Balaban J connectivity index is 1.88. The van der Waals surface area contributed by atoms with Gasteiger partial charge in [-0.2, -0.15) is 0 Å². The summed E-state index contributed by atoms with van der Waals surface area (Å²) in [7, 11) is 0. The van der Waals surface area contributed by atoms with Gasteiger partial charge in [0.2, 0.25) is 0 Å². The first kappa shape index (κ1) is 15.4. The molecule has 2 N–H and O–H groups in total. The normalized spacial score (nSPS) is 18.0. The first-order chi connectivity index (χ1) is 10.1. The summed E-state index contributed by atoms with van der Waals surface area (Å²) < 4.78 is 5.75. The molecule has 1 aromatic heterocycles. The van der Waals surface area contributed by atoms with Gasteiger partial charge >= 0.3 is 12.0 Å². The number of aliphatic carboxylic acids is 1. The zero-order valence-electron chi connectivity index (χ0n) is 12.3. The third-order valence-electron chi connectivity index (χ3n) is 3.72. The topological polar surface area (TPSA) is 82.8 Å². The molecule has 0 spiro atoms. The van der Waals surface area contributed by atoms with Gasteiger partial charge in [-0.25, -0.2) is 4.79 Å². The molecule has 6 heteroatoms. The van der Waals surface area contributed by atoms with Crippen molar-refractivity contribution in [3.8, 4) is 0 Å². The van der Waals surface area contributed by atoms with Gasteiger partial charge in [-0.15, -0.1) is 0 Å². The Kier molecular flexibility index (Phi) is 5.25. The van der Waals surface area contributed by atoms with Gasteiger partial charge in [0.25, 0.3) is 0 Å². The average molecular weight is 294 g/mol. The lowest BCUT2D eigenvalue weighted by atomic mass is 10.2. The van der Waals surface area contributed by atoms with Crippen LogP contribution in [0.4, 0.5) is 4.79 Å². The summed E-state index contributed by atoms with van der Waals surface area (Å²) in [4.78, 5) is 24.4. The Morgan fingerprint density at radius 1 is 1.48 bits per heavy atom. The van der Waals surface area contributed by atoms with E-state index in [4.69, 9.17) is 9.52 Å². The van der Waals surface area contributed by atoms with Crippen molar-refractivity contribution in [3.05, 3.63) is 23.7 Å². The molecule has 6 nitrogen and oxygen atoms in total. The Hall–Kier alpha value is -1.98. The van der Waals surface area contributed by atoms with Crippen molar-refractivity contribution in [3.63, 3.8) is 0 Å². The highest BCUT2D eigenvalue weighted by Crippen LogP contribution is 2.32. The van der Waals surface area contributed by atoms with Gasteiger partial charge in [0.15, 0.2) is 0 Å². The van der Waals surface area contributed by atoms with Crippen LogP contribution in [0.15, 0.2) is 16.5 Å². The van der Waals surface area contributed by atoms with Crippen molar-refractivity contribution >= 4 is 12.0 Å². The number of hydrogen-bond donors (Lipinski definition) is 2. The van der Waals surface area contributed by atoms with Crippen LogP contribution in [0.25, 0.3) is 0 Å². The van der Waals surface area contributed by atoms with Crippen molar-refractivity contribution in [1.29, 1.82) is 0 Å². The quantitative estimate of drug-likeness (QED) is 0.790. The third-order valence-corrected chi connectivity index (χ3v) is 3.72. The van der Waals surface area contributed by atoms with Crippen LogP contribution in [0.2, 0.25) is 0 Å². The van der Waals surface area contributed by atoms with Crippen LogP contribution in [0.1, 0.15) is 50.2 Å². The largest absolute Gasteiger partial charge is 0.481 e. The molecule has 1 aliphatic rings. The number of amides is 2. The van der Waals surface area contributed by atoms with Crippen LogP contribution in [0.5, 0.6) is 0 Å². The minimum Gasteiger partial charge on any atom is -0.481 e. The Morgan fingerprint density at radius 3 is 2.95 bits per heavy atom. The van der Waals surface area contributed by atoms with Crippen molar-refractivity contribution in [2.24, 2.45) is 0 Å². The molecule has 2 heterocycles. The van der Waals surface area contributed by atoms with E-state index in [0.29, 0.717) is 19.5 Å². The molecule has 1 aliphatic heterocycles. The first-order valence-electron chi connectivity index (χ1n) is 7.46. The number of rotatable bonds is 6. The second kappa shape index (κ2) is 7.15. The Labute approximate surface area is 124 Å². The highest BCUT2D eigenvalue weighted by Gasteiger charge is 2.31. The second-order valence-corrected chi connectivity index (χ2v) is 5.24. The van der Waals surface area contributed by atoms with Crippen LogP contribution >= 0.6 is 0 Å². The first-order valence-corrected chi connectivity index (χ1v) is 7.46. The fraction of sp³-hybridized carbons (Fsp3) is 0.600. The van der Waals surface area contributed by atoms with E-state index in [0.717, 1.165) is 30.8 Å². The number of nitrogens with zero attached hydrogens (tertiary/aromatic N) is 1. The van der Waals surface area contributed by atoms with Crippen LogP contribution in [-0.2, 0) is 11.2 Å². The van der Waals surface area contributed by atoms with E-state index >= 15 is 0 Å². The standard InChI is InChI=1S/C15H22N2O4/c1-2-11-7-8-13(21-11)12-5-4-10-17(12)15(20)16-9-3-6-14(18)19/h7-8,12H,2-6,9-10H2,1H3,(H,16,20)(H,18,19). The monoisotopic (exact) mass is 294 g/mol. The number of furan rings is 1. The zero-order chi connectivity index (χ0) is 15.2. The molecule has 2 rings (SSSR count). The zero-order valence-corrected chi connectivity index (χ0v) is 12.3. The van der Waals surface area contributed by atoms with Crippen LogP contribution in [0, 0.1) is 0 Å². The molecule has 21 heavy (non-hydrogen) atoms. The number of hydrogen-bond acceptors (Lipinski definition) is 3. The molecule has 0 aliphatic carbocycles. The molecule has 0 bridgehead atoms. The summed E-state index contributed by atoms with van der Waals surface area (Å²) in [6.45, 7) is 3.12. The molecular formula is C15H22N2O4. The van der Waals surface area contributed by atoms with Gasteiger partial charge < -0.3 is 19.7 Å². The van der Waals surface area contributed by atoms with Gasteiger partial charge in [-0.3, -0.25) is 4.79 Å².